The van der Waals surface area contributed by atoms with Crippen LogP contribution in [0.2, 0.25) is 0 Å². The lowest BCUT2D eigenvalue weighted by atomic mass is 10.0. The Morgan fingerprint density at radius 3 is 3.20 bits per heavy atom. The molecule has 2 aromatic rings. The number of H-pyrrole nitrogens is 1. The van der Waals surface area contributed by atoms with Crippen molar-refractivity contribution in [2.75, 3.05) is 6.54 Å². The van der Waals surface area contributed by atoms with Gasteiger partial charge in [0.05, 0.1) is 5.56 Å². The first-order valence-electron chi connectivity index (χ1n) is 6.54. The third-order valence-electron chi connectivity index (χ3n) is 4.06. The van der Waals surface area contributed by atoms with E-state index in [4.69, 9.17) is 5.26 Å². The van der Waals surface area contributed by atoms with E-state index in [0.717, 1.165) is 6.42 Å². The minimum Gasteiger partial charge on any atom is -0.356 e. The van der Waals surface area contributed by atoms with Gasteiger partial charge < -0.3 is 10.3 Å². The number of hydrogen-bond donors (Lipinski definition) is 2. The fourth-order valence-corrected chi connectivity index (χ4v) is 3.54. The molecule has 102 valence electrons. The zero-order valence-electron chi connectivity index (χ0n) is 11.1. The van der Waals surface area contributed by atoms with E-state index in [1.807, 2.05) is 6.07 Å². The lowest BCUT2D eigenvalue weighted by molar-refractivity contribution is 0.0946. The van der Waals surface area contributed by atoms with Gasteiger partial charge in [-0.1, -0.05) is 13.0 Å². The Kier molecular flexibility index (Phi) is 3.11. The minimum absolute atomic E-state index is 0.146. The Morgan fingerprint density at radius 1 is 1.70 bits per heavy atom. The predicted molar refractivity (Wildman–Crippen MR) is 77.6 cm³/mol. The van der Waals surface area contributed by atoms with E-state index in [0.29, 0.717) is 23.7 Å². The van der Waals surface area contributed by atoms with Gasteiger partial charge in [0.1, 0.15) is 11.8 Å². The van der Waals surface area contributed by atoms with E-state index in [1.165, 1.54) is 4.88 Å². The van der Waals surface area contributed by atoms with Gasteiger partial charge in [-0.25, -0.2) is 0 Å². The number of aromatic nitrogens is 1. The summed E-state index contributed by atoms with van der Waals surface area (Å²) in [6.07, 6.45) is 2.66. The van der Waals surface area contributed by atoms with Crippen LogP contribution >= 0.6 is 11.3 Å². The number of carbonyl (C=O) groups excluding carboxylic acids is 1. The van der Waals surface area contributed by atoms with Crippen molar-refractivity contribution in [3.63, 3.8) is 0 Å². The first kappa shape index (κ1) is 12.9. The third-order valence-corrected chi connectivity index (χ3v) is 5.21. The molecule has 2 aromatic heterocycles. The summed E-state index contributed by atoms with van der Waals surface area (Å²) in [4.78, 5) is 16.2. The Labute approximate surface area is 121 Å². The smallest absolute Gasteiger partial charge is 0.267 e. The van der Waals surface area contributed by atoms with Crippen molar-refractivity contribution in [3.05, 3.63) is 45.9 Å². The molecule has 2 heterocycles. The van der Waals surface area contributed by atoms with Crippen molar-refractivity contribution in [3.8, 4) is 6.07 Å². The number of rotatable bonds is 4. The van der Waals surface area contributed by atoms with Crippen molar-refractivity contribution >= 4 is 17.2 Å². The molecule has 1 aliphatic rings. The first-order valence-corrected chi connectivity index (χ1v) is 7.42. The maximum atomic E-state index is 12.0. The highest BCUT2D eigenvalue weighted by Crippen LogP contribution is 2.54. The van der Waals surface area contributed by atoms with Crippen LogP contribution in [0.4, 0.5) is 0 Å². The van der Waals surface area contributed by atoms with Gasteiger partial charge in [-0.05, 0) is 29.9 Å². The molecule has 1 fully saturated rings. The Bertz CT molecular complexity index is 668. The normalized spacial score (nSPS) is 24.1. The van der Waals surface area contributed by atoms with Crippen molar-refractivity contribution in [2.45, 2.75) is 18.8 Å². The maximum absolute atomic E-state index is 12.0. The molecule has 0 aliphatic heterocycles. The summed E-state index contributed by atoms with van der Waals surface area (Å²) in [7, 11) is 0. The molecule has 5 heteroatoms. The van der Waals surface area contributed by atoms with E-state index < -0.39 is 0 Å². The molecule has 0 spiro atoms. The van der Waals surface area contributed by atoms with E-state index >= 15 is 0 Å². The van der Waals surface area contributed by atoms with E-state index in [1.54, 1.807) is 23.6 Å². The highest BCUT2D eigenvalue weighted by atomic mass is 32.1. The monoisotopic (exact) mass is 285 g/mol. The molecule has 0 aromatic carbocycles. The Balaban J connectivity index is 1.56. The number of thiophene rings is 1. The average Bonchev–Trinajstić information content (AvgIpc) is 2.93. The zero-order chi connectivity index (χ0) is 14.2. The number of amides is 1. The fraction of sp³-hybridized carbons (Fsp3) is 0.333. The van der Waals surface area contributed by atoms with Gasteiger partial charge in [0.2, 0.25) is 0 Å². The second-order valence-electron chi connectivity index (χ2n) is 5.42. The number of carbonyl (C=O) groups is 1. The molecule has 3 rings (SSSR count). The molecule has 20 heavy (non-hydrogen) atoms. The minimum atomic E-state index is -0.146. The molecular weight excluding hydrogens is 270 g/mol. The molecule has 4 nitrogen and oxygen atoms in total. The molecule has 0 radical (unpaired) electrons. The van der Waals surface area contributed by atoms with Gasteiger partial charge in [0.15, 0.2) is 0 Å². The van der Waals surface area contributed by atoms with Crippen LogP contribution < -0.4 is 5.32 Å². The van der Waals surface area contributed by atoms with Crippen molar-refractivity contribution < 1.29 is 4.79 Å². The summed E-state index contributed by atoms with van der Waals surface area (Å²) in [6, 6.07) is 7.81. The lowest BCUT2D eigenvalue weighted by Crippen LogP contribution is -2.27. The molecule has 1 aliphatic carbocycles. The van der Waals surface area contributed by atoms with Gasteiger partial charge in [-0.3, -0.25) is 4.79 Å². The van der Waals surface area contributed by atoms with Gasteiger partial charge in [-0.15, -0.1) is 11.3 Å². The van der Waals surface area contributed by atoms with E-state index in [9.17, 15) is 4.79 Å². The van der Waals surface area contributed by atoms with Gasteiger partial charge in [-0.2, -0.15) is 5.26 Å². The van der Waals surface area contributed by atoms with Crippen LogP contribution in [-0.4, -0.2) is 17.4 Å². The fourth-order valence-electron chi connectivity index (χ4n) is 2.56. The number of aromatic amines is 1. The summed E-state index contributed by atoms with van der Waals surface area (Å²) < 4.78 is 0. The number of nitriles is 1. The molecule has 1 saturated carbocycles. The molecular formula is C15H15N3OS. The van der Waals surface area contributed by atoms with Crippen molar-refractivity contribution in [2.24, 2.45) is 5.92 Å². The van der Waals surface area contributed by atoms with Gasteiger partial charge >= 0.3 is 0 Å². The lowest BCUT2D eigenvalue weighted by Gasteiger charge is -2.09. The number of nitrogens with zero attached hydrogens (tertiary/aromatic N) is 1. The van der Waals surface area contributed by atoms with Crippen LogP contribution in [0.1, 0.15) is 34.3 Å². The summed E-state index contributed by atoms with van der Waals surface area (Å²) in [5, 5.41) is 13.8. The first-order chi connectivity index (χ1) is 9.63. The average molecular weight is 285 g/mol. The molecule has 2 atom stereocenters. The standard InChI is InChI=1S/C15H15N3OS/c1-15(13-3-2-4-20-13)6-11(15)9-18-14(19)12-5-10(7-16)8-17-12/h2-5,8,11,17H,6,9H2,1H3,(H,18,19)/t11-,15-/m0/s1. The van der Waals surface area contributed by atoms with Crippen molar-refractivity contribution in [1.29, 1.82) is 5.26 Å². The number of nitrogens with one attached hydrogen (secondary N) is 2. The van der Waals surface area contributed by atoms with Gasteiger partial charge in [0, 0.05) is 23.0 Å². The second kappa shape index (κ2) is 4.80. The van der Waals surface area contributed by atoms with Crippen LogP contribution in [0.25, 0.3) is 0 Å². The van der Waals surface area contributed by atoms with Gasteiger partial charge in [0.25, 0.3) is 5.91 Å². The van der Waals surface area contributed by atoms with Crippen LogP contribution in [0, 0.1) is 17.2 Å². The van der Waals surface area contributed by atoms with Crippen LogP contribution in [0.15, 0.2) is 29.8 Å². The Hall–Kier alpha value is -2.06. The summed E-state index contributed by atoms with van der Waals surface area (Å²) in [5.74, 6) is 0.349. The van der Waals surface area contributed by atoms with E-state index in [2.05, 4.69) is 34.7 Å². The molecule has 2 N–H and O–H groups in total. The zero-order valence-corrected chi connectivity index (χ0v) is 12.0. The number of hydrogen-bond acceptors (Lipinski definition) is 3. The quantitative estimate of drug-likeness (QED) is 0.906. The van der Waals surface area contributed by atoms with Crippen LogP contribution in [-0.2, 0) is 5.41 Å². The predicted octanol–water partition coefficient (Wildman–Crippen LogP) is 2.66. The summed E-state index contributed by atoms with van der Waals surface area (Å²) in [5.41, 5.74) is 1.14. The third kappa shape index (κ3) is 2.23. The highest BCUT2D eigenvalue weighted by molar-refractivity contribution is 7.10. The summed E-state index contributed by atoms with van der Waals surface area (Å²) >= 11 is 1.78. The highest BCUT2D eigenvalue weighted by Gasteiger charge is 2.51. The molecule has 1 amide bonds. The topological polar surface area (TPSA) is 68.7 Å². The largest absolute Gasteiger partial charge is 0.356 e. The SMILES string of the molecule is C[C@]1(c2cccs2)C[C@H]1CNC(=O)c1cc(C#N)c[nH]1. The van der Waals surface area contributed by atoms with Crippen LogP contribution in [0.3, 0.4) is 0 Å². The Morgan fingerprint density at radius 2 is 2.55 bits per heavy atom. The van der Waals surface area contributed by atoms with E-state index in [-0.39, 0.29) is 11.3 Å². The molecule has 0 bridgehead atoms. The molecule has 0 unspecified atom stereocenters. The second-order valence-corrected chi connectivity index (χ2v) is 6.37. The summed E-state index contributed by atoms with van der Waals surface area (Å²) in [6.45, 7) is 2.92. The molecule has 0 saturated heterocycles. The maximum Gasteiger partial charge on any atom is 0.267 e. The van der Waals surface area contributed by atoms with Crippen molar-refractivity contribution in [1.82, 2.24) is 10.3 Å². The van der Waals surface area contributed by atoms with Crippen LogP contribution in [0.5, 0.6) is 0 Å².